The van der Waals surface area contributed by atoms with Crippen molar-refractivity contribution < 1.29 is 9.13 Å². The molecule has 2 N–H and O–H groups in total. The van der Waals surface area contributed by atoms with E-state index in [1.165, 1.54) is 25.5 Å². The molecule has 2 atom stereocenters. The van der Waals surface area contributed by atoms with E-state index in [9.17, 15) is 4.39 Å². The third kappa shape index (κ3) is 6.83. The highest BCUT2D eigenvalue weighted by molar-refractivity contribution is 14.0. The van der Waals surface area contributed by atoms with Gasteiger partial charge in [-0.05, 0) is 49.9 Å². The molecule has 1 aromatic carbocycles. The Balaban J connectivity index is 0.00000261. The molecule has 0 aromatic heterocycles. The Hall–Kier alpha value is -0.450. The number of guanidine groups is 1. The Kier molecular flexibility index (Phi) is 9.75. The topological polar surface area (TPSA) is 48.9 Å². The molecule has 0 saturated carbocycles. The molecule has 0 amide bonds. The van der Waals surface area contributed by atoms with Gasteiger partial charge in [0.05, 0.1) is 12.7 Å². The van der Waals surface area contributed by atoms with Crippen LogP contribution in [-0.4, -0.2) is 62.8 Å². The third-order valence-electron chi connectivity index (χ3n) is 5.11. The number of benzene rings is 1. The molecule has 152 valence electrons. The molecule has 5 nitrogen and oxygen atoms in total. The van der Waals surface area contributed by atoms with E-state index in [0.29, 0.717) is 12.5 Å². The van der Waals surface area contributed by atoms with Gasteiger partial charge in [0.15, 0.2) is 5.96 Å². The predicted octanol–water partition coefficient (Wildman–Crippen LogP) is 3.17. The molecule has 2 aliphatic heterocycles. The summed E-state index contributed by atoms with van der Waals surface area (Å²) in [5, 5.41) is 6.64. The lowest BCUT2D eigenvalue weighted by Gasteiger charge is -2.35. The number of ether oxygens (including phenoxy) is 1. The number of nitrogens with one attached hydrogen (secondary N) is 2. The molecule has 2 heterocycles. The lowest BCUT2D eigenvalue weighted by atomic mass is 10.1. The Labute approximate surface area is 186 Å². The smallest absolute Gasteiger partial charge is 0.191 e. The molecule has 1 aromatic rings. The Morgan fingerprint density at radius 2 is 2.26 bits per heavy atom. The SMILES string of the molecule is CN=C(NCCCc1ccc(Br)cc1F)NCC1CN2CCCC2CO1.I. The monoisotopic (exact) mass is 554 g/mol. The van der Waals surface area contributed by atoms with E-state index in [4.69, 9.17) is 4.74 Å². The zero-order valence-corrected chi connectivity index (χ0v) is 19.6. The van der Waals surface area contributed by atoms with Gasteiger partial charge in [-0.15, -0.1) is 24.0 Å². The molecule has 27 heavy (non-hydrogen) atoms. The van der Waals surface area contributed by atoms with Crippen LogP contribution in [0.3, 0.4) is 0 Å². The number of morpholine rings is 1. The van der Waals surface area contributed by atoms with Crippen molar-refractivity contribution in [3.63, 3.8) is 0 Å². The quantitative estimate of drug-likeness (QED) is 0.245. The summed E-state index contributed by atoms with van der Waals surface area (Å²) in [5.41, 5.74) is 0.744. The van der Waals surface area contributed by atoms with Gasteiger partial charge in [-0.2, -0.15) is 0 Å². The Morgan fingerprint density at radius 3 is 3.04 bits per heavy atom. The van der Waals surface area contributed by atoms with Gasteiger partial charge in [0.2, 0.25) is 0 Å². The van der Waals surface area contributed by atoms with Crippen molar-refractivity contribution in [3.05, 3.63) is 34.1 Å². The fourth-order valence-electron chi connectivity index (χ4n) is 3.65. The highest BCUT2D eigenvalue weighted by atomic mass is 127. The first-order valence-corrected chi connectivity index (χ1v) is 10.2. The van der Waals surface area contributed by atoms with Gasteiger partial charge in [0.1, 0.15) is 5.82 Å². The highest BCUT2D eigenvalue weighted by Gasteiger charge is 2.32. The molecular weight excluding hydrogens is 526 g/mol. The number of nitrogens with zero attached hydrogens (tertiary/aromatic N) is 2. The fourth-order valence-corrected chi connectivity index (χ4v) is 3.98. The van der Waals surface area contributed by atoms with Crippen molar-refractivity contribution in [1.29, 1.82) is 0 Å². The van der Waals surface area contributed by atoms with Gasteiger partial charge in [0.25, 0.3) is 0 Å². The first kappa shape index (κ1) is 22.8. The van der Waals surface area contributed by atoms with E-state index in [1.54, 1.807) is 7.05 Å². The maximum atomic E-state index is 13.8. The van der Waals surface area contributed by atoms with Gasteiger partial charge < -0.3 is 15.4 Å². The minimum absolute atomic E-state index is 0. The van der Waals surface area contributed by atoms with Crippen molar-refractivity contribution >= 4 is 45.9 Å². The standard InChI is InChI=1S/C19H28BrFN4O.HI/c1-22-19(23-8-2-4-14-6-7-15(20)10-18(14)21)24-11-17-12-25-9-3-5-16(25)13-26-17;/h6-7,10,16-17H,2-5,8-9,11-13H2,1H3,(H2,22,23,24);1H. The minimum atomic E-state index is -0.156. The second-order valence-electron chi connectivity index (χ2n) is 6.97. The van der Waals surface area contributed by atoms with E-state index in [1.807, 2.05) is 12.1 Å². The first-order valence-electron chi connectivity index (χ1n) is 9.40. The lowest BCUT2D eigenvalue weighted by Crippen LogP contribution is -2.51. The number of hydrogen-bond donors (Lipinski definition) is 2. The van der Waals surface area contributed by atoms with Crippen LogP contribution in [0.2, 0.25) is 0 Å². The summed E-state index contributed by atoms with van der Waals surface area (Å²) in [4.78, 5) is 6.80. The summed E-state index contributed by atoms with van der Waals surface area (Å²) < 4.78 is 20.5. The molecule has 0 radical (unpaired) electrons. The molecule has 0 aliphatic carbocycles. The normalized spacial score (nSPS) is 22.9. The number of fused-ring (bicyclic) bond motifs is 1. The van der Waals surface area contributed by atoms with Crippen LogP contribution in [0.15, 0.2) is 27.7 Å². The summed E-state index contributed by atoms with van der Waals surface area (Å²) in [6.07, 6.45) is 4.30. The van der Waals surface area contributed by atoms with E-state index >= 15 is 0 Å². The van der Waals surface area contributed by atoms with Crippen molar-refractivity contribution in [2.24, 2.45) is 4.99 Å². The van der Waals surface area contributed by atoms with Gasteiger partial charge >= 0.3 is 0 Å². The van der Waals surface area contributed by atoms with Crippen molar-refractivity contribution in [3.8, 4) is 0 Å². The molecule has 0 bridgehead atoms. The maximum absolute atomic E-state index is 13.8. The van der Waals surface area contributed by atoms with E-state index in [2.05, 4.69) is 36.5 Å². The first-order chi connectivity index (χ1) is 12.7. The number of hydrogen-bond acceptors (Lipinski definition) is 3. The van der Waals surface area contributed by atoms with Crippen LogP contribution < -0.4 is 10.6 Å². The summed E-state index contributed by atoms with van der Waals surface area (Å²) in [5.74, 6) is 0.616. The van der Waals surface area contributed by atoms with Crippen LogP contribution in [0.25, 0.3) is 0 Å². The second-order valence-corrected chi connectivity index (χ2v) is 7.88. The number of rotatable bonds is 6. The third-order valence-corrected chi connectivity index (χ3v) is 5.61. The largest absolute Gasteiger partial charge is 0.373 e. The molecule has 3 rings (SSSR count). The van der Waals surface area contributed by atoms with Gasteiger partial charge in [-0.1, -0.05) is 22.0 Å². The van der Waals surface area contributed by atoms with E-state index in [0.717, 1.165) is 48.7 Å². The van der Waals surface area contributed by atoms with Crippen LogP contribution >= 0.6 is 39.9 Å². The predicted molar refractivity (Wildman–Crippen MR) is 122 cm³/mol. The average molecular weight is 555 g/mol. The van der Waals surface area contributed by atoms with Crippen molar-refractivity contribution in [1.82, 2.24) is 15.5 Å². The fraction of sp³-hybridized carbons (Fsp3) is 0.632. The second kappa shape index (κ2) is 11.5. The van der Waals surface area contributed by atoms with Crippen LogP contribution in [0, 0.1) is 5.82 Å². The van der Waals surface area contributed by atoms with Gasteiger partial charge in [0, 0.05) is 37.2 Å². The van der Waals surface area contributed by atoms with E-state index < -0.39 is 0 Å². The van der Waals surface area contributed by atoms with Crippen LogP contribution in [0.4, 0.5) is 4.39 Å². The lowest BCUT2D eigenvalue weighted by molar-refractivity contribution is -0.0453. The number of aryl methyl sites for hydroxylation is 1. The summed E-state index contributed by atoms with van der Waals surface area (Å²) in [6.45, 7) is 4.54. The molecule has 2 fully saturated rings. The zero-order chi connectivity index (χ0) is 18.4. The molecule has 8 heteroatoms. The number of aliphatic imine (C=N–C) groups is 1. The van der Waals surface area contributed by atoms with Crippen molar-refractivity contribution in [2.75, 3.05) is 39.8 Å². The van der Waals surface area contributed by atoms with Gasteiger partial charge in [-0.3, -0.25) is 9.89 Å². The van der Waals surface area contributed by atoms with Crippen LogP contribution in [-0.2, 0) is 11.2 Å². The molecule has 2 aliphatic rings. The zero-order valence-electron chi connectivity index (χ0n) is 15.7. The highest BCUT2D eigenvalue weighted by Crippen LogP contribution is 2.22. The van der Waals surface area contributed by atoms with Crippen LogP contribution in [0.1, 0.15) is 24.8 Å². The molecule has 2 unspecified atom stereocenters. The Bertz CT molecular complexity index is 634. The Morgan fingerprint density at radius 1 is 1.41 bits per heavy atom. The average Bonchev–Trinajstić information content (AvgIpc) is 3.10. The molecule has 0 spiro atoms. The number of halogens is 3. The van der Waals surface area contributed by atoms with Crippen molar-refractivity contribution in [2.45, 2.75) is 37.8 Å². The molecular formula is C19H29BrFIN4O. The maximum Gasteiger partial charge on any atom is 0.191 e. The van der Waals surface area contributed by atoms with Gasteiger partial charge in [-0.25, -0.2) is 4.39 Å². The van der Waals surface area contributed by atoms with Crippen LogP contribution in [0.5, 0.6) is 0 Å². The summed E-state index contributed by atoms with van der Waals surface area (Å²) in [6, 6.07) is 5.85. The van der Waals surface area contributed by atoms with E-state index in [-0.39, 0.29) is 35.9 Å². The molecule has 2 saturated heterocycles. The summed E-state index contributed by atoms with van der Waals surface area (Å²) >= 11 is 3.28. The minimum Gasteiger partial charge on any atom is -0.373 e. The summed E-state index contributed by atoms with van der Waals surface area (Å²) in [7, 11) is 1.77.